The van der Waals surface area contributed by atoms with E-state index in [1.807, 2.05) is 46.8 Å². The minimum atomic E-state index is 0.175. The number of aliphatic hydroxyl groups is 1. The summed E-state index contributed by atoms with van der Waals surface area (Å²) in [5, 5.41) is 9.07. The van der Waals surface area contributed by atoms with E-state index < -0.39 is 0 Å². The van der Waals surface area contributed by atoms with Gasteiger partial charge in [0.2, 0.25) is 0 Å². The highest BCUT2D eigenvalue weighted by molar-refractivity contribution is 5.30. The molecule has 0 heterocycles. The van der Waals surface area contributed by atoms with Gasteiger partial charge in [0.25, 0.3) is 0 Å². The zero-order valence-electron chi connectivity index (χ0n) is 9.52. The summed E-state index contributed by atoms with van der Waals surface area (Å²) in [6.07, 6.45) is 4.77. The van der Waals surface area contributed by atoms with Crippen molar-refractivity contribution < 1.29 is 5.11 Å². The van der Waals surface area contributed by atoms with Crippen LogP contribution in [-0.4, -0.2) is 5.11 Å². The minimum Gasteiger partial charge on any atom is -0.508 e. The summed E-state index contributed by atoms with van der Waals surface area (Å²) in [4.78, 5) is 0. The highest BCUT2D eigenvalue weighted by Gasteiger charge is 1.95. The summed E-state index contributed by atoms with van der Waals surface area (Å²) < 4.78 is 0. The maximum absolute atomic E-state index is 9.07. The van der Waals surface area contributed by atoms with Gasteiger partial charge in [-0.3, -0.25) is 0 Å². The fourth-order valence-electron chi connectivity index (χ4n) is 0.748. The Balaban J connectivity index is 0. The highest BCUT2D eigenvalue weighted by Crippen LogP contribution is 2.11. The molecule has 0 unspecified atom stereocenters. The lowest BCUT2D eigenvalue weighted by atomic mass is 10.1. The second-order valence-electron chi connectivity index (χ2n) is 2.50. The summed E-state index contributed by atoms with van der Waals surface area (Å²) in [7, 11) is 0. The molecule has 0 amide bonds. The summed E-state index contributed by atoms with van der Waals surface area (Å²) in [6.45, 7) is 13.4. The Labute approximate surface area is 82.5 Å². The van der Waals surface area contributed by atoms with Crippen LogP contribution in [0.5, 0.6) is 0 Å². The SMILES string of the molecule is C=C(O)/C(=C\C(C)=C/C)CC.CC. The third kappa shape index (κ3) is 7.38. The molecule has 0 radical (unpaired) electrons. The largest absolute Gasteiger partial charge is 0.508 e. The van der Waals surface area contributed by atoms with E-state index >= 15 is 0 Å². The molecule has 13 heavy (non-hydrogen) atoms. The van der Waals surface area contributed by atoms with Crippen molar-refractivity contribution in [1.82, 2.24) is 0 Å². The Morgan fingerprint density at radius 3 is 2.08 bits per heavy atom. The van der Waals surface area contributed by atoms with Crippen molar-refractivity contribution in [2.45, 2.75) is 41.0 Å². The van der Waals surface area contributed by atoms with Gasteiger partial charge in [-0.05, 0) is 25.8 Å². The smallest absolute Gasteiger partial charge is 0.111 e. The van der Waals surface area contributed by atoms with Gasteiger partial charge in [0.05, 0.1) is 0 Å². The number of rotatable bonds is 3. The van der Waals surface area contributed by atoms with Gasteiger partial charge in [-0.2, -0.15) is 0 Å². The van der Waals surface area contributed by atoms with E-state index in [4.69, 9.17) is 5.11 Å². The Kier molecular flexibility index (Phi) is 10.2. The van der Waals surface area contributed by atoms with Gasteiger partial charge in [0.1, 0.15) is 5.76 Å². The molecule has 0 aromatic rings. The lowest BCUT2D eigenvalue weighted by molar-refractivity contribution is 0.423. The Bertz CT molecular complexity index is 197. The van der Waals surface area contributed by atoms with Crippen LogP contribution < -0.4 is 0 Å². The van der Waals surface area contributed by atoms with Crippen molar-refractivity contribution in [1.29, 1.82) is 0 Å². The normalized spacial score (nSPS) is 11.8. The maximum Gasteiger partial charge on any atom is 0.111 e. The lowest BCUT2D eigenvalue weighted by Gasteiger charge is -2.01. The van der Waals surface area contributed by atoms with Crippen LogP contribution >= 0.6 is 0 Å². The molecule has 1 nitrogen and oxygen atoms in total. The zero-order chi connectivity index (χ0) is 10.9. The maximum atomic E-state index is 9.07. The first-order valence-corrected chi connectivity index (χ1v) is 4.83. The molecule has 0 saturated carbocycles. The van der Waals surface area contributed by atoms with Crippen molar-refractivity contribution in [3.8, 4) is 0 Å². The number of aliphatic hydroxyl groups excluding tert-OH is 1. The van der Waals surface area contributed by atoms with Crippen molar-refractivity contribution in [2.75, 3.05) is 0 Å². The molecule has 0 spiro atoms. The molecular weight excluding hydrogens is 160 g/mol. The lowest BCUT2D eigenvalue weighted by Crippen LogP contribution is -1.85. The molecule has 0 aliphatic rings. The summed E-state index contributed by atoms with van der Waals surface area (Å²) >= 11 is 0. The van der Waals surface area contributed by atoms with E-state index in [2.05, 4.69) is 6.58 Å². The molecule has 0 aromatic carbocycles. The molecule has 0 atom stereocenters. The van der Waals surface area contributed by atoms with Crippen molar-refractivity contribution >= 4 is 0 Å². The molecule has 76 valence electrons. The Morgan fingerprint density at radius 1 is 1.38 bits per heavy atom. The van der Waals surface area contributed by atoms with Crippen molar-refractivity contribution in [2.24, 2.45) is 0 Å². The quantitative estimate of drug-likeness (QED) is 0.507. The monoisotopic (exact) mass is 182 g/mol. The molecule has 0 rings (SSSR count). The van der Waals surface area contributed by atoms with Crippen LogP contribution in [0.15, 0.2) is 35.6 Å². The third-order valence-electron chi connectivity index (χ3n) is 1.61. The van der Waals surface area contributed by atoms with Gasteiger partial charge in [-0.1, -0.05) is 45.1 Å². The fraction of sp³-hybridized carbons (Fsp3) is 0.500. The molecule has 0 aliphatic carbocycles. The first kappa shape index (κ1) is 14.5. The average molecular weight is 182 g/mol. The van der Waals surface area contributed by atoms with Gasteiger partial charge in [0.15, 0.2) is 0 Å². The first-order chi connectivity index (χ1) is 6.11. The van der Waals surface area contributed by atoms with Crippen LogP contribution in [0.2, 0.25) is 0 Å². The minimum absolute atomic E-state index is 0.175. The average Bonchev–Trinajstić information content (AvgIpc) is 2.16. The summed E-state index contributed by atoms with van der Waals surface area (Å²) in [5.41, 5.74) is 2.05. The van der Waals surface area contributed by atoms with Gasteiger partial charge in [-0.15, -0.1) is 0 Å². The van der Waals surface area contributed by atoms with Crippen LogP contribution in [0.25, 0.3) is 0 Å². The second kappa shape index (κ2) is 9.11. The Hall–Kier alpha value is -0.980. The van der Waals surface area contributed by atoms with E-state index in [1.54, 1.807) is 0 Å². The van der Waals surface area contributed by atoms with Gasteiger partial charge in [0, 0.05) is 0 Å². The Morgan fingerprint density at radius 2 is 1.85 bits per heavy atom. The van der Waals surface area contributed by atoms with E-state index in [1.165, 1.54) is 0 Å². The van der Waals surface area contributed by atoms with Gasteiger partial charge < -0.3 is 5.11 Å². The van der Waals surface area contributed by atoms with Crippen LogP contribution in [0.3, 0.4) is 0 Å². The van der Waals surface area contributed by atoms with E-state index in [0.29, 0.717) is 0 Å². The molecule has 1 heteroatoms. The third-order valence-corrected chi connectivity index (χ3v) is 1.61. The summed E-state index contributed by atoms with van der Waals surface area (Å²) in [5.74, 6) is 0.175. The van der Waals surface area contributed by atoms with Gasteiger partial charge >= 0.3 is 0 Å². The second-order valence-corrected chi connectivity index (χ2v) is 2.50. The number of hydrogen-bond donors (Lipinski definition) is 1. The predicted octanol–water partition coefficient (Wildman–Crippen LogP) is 4.39. The zero-order valence-corrected chi connectivity index (χ0v) is 9.52. The standard InChI is InChI=1S/C10H16O.C2H6/c1-5-8(3)7-10(6-2)9(4)11;1-2/h5,7,11H,4,6H2,1-3H3;1-2H3/b8-5-,10-7-;. The topological polar surface area (TPSA) is 20.2 Å². The molecule has 0 aromatic heterocycles. The molecule has 1 N–H and O–H groups in total. The van der Waals surface area contributed by atoms with E-state index in [9.17, 15) is 0 Å². The molecule has 0 saturated heterocycles. The first-order valence-electron chi connectivity index (χ1n) is 4.83. The molecule has 0 aliphatic heterocycles. The van der Waals surface area contributed by atoms with Gasteiger partial charge in [-0.25, -0.2) is 0 Å². The number of allylic oxidation sites excluding steroid dienone is 4. The molecule has 0 bridgehead atoms. The predicted molar refractivity (Wildman–Crippen MR) is 60.9 cm³/mol. The summed E-state index contributed by atoms with van der Waals surface area (Å²) in [6, 6.07) is 0. The molecular formula is C12H22O. The van der Waals surface area contributed by atoms with Crippen molar-refractivity contribution in [3.05, 3.63) is 35.6 Å². The van der Waals surface area contributed by atoms with E-state index in [0.717, 1.165) is 17.6 Å². The highest BCUT2D eigenvalue weighted by atomic mass is 16.3. The fourth-order valence-corrected chi connectivity index (χ4v) is 0.748. The van der Waals surface area contributed by atoms with Crippen LogP contribution in [0.1, 0.15) is 41.0 Å². The molecule has 0 fully saturated rings. The van der Waals surface area contributed by atoms with Crippen LogP contribution in [0.4, 0.5) is 0 Å². The van der Waals surface area contributed by atoms with Crippen molar-refractivity contribution in [3.63, 3.8) is 0 Å². The van der Waals surface area contributed by atoms with Crippen LogP contribution in [-0.2, 0) is 0 Å². The number of hydrogen-bond acceptors (Lipinski definition) is 1. The van der Waals surface area contributed by atoms with E-state index in [-0.39, 0.29) is 5.76 Å². The van der Waals surface area contributed by atoms with Crippen LogP contribution in [0, 0.1) is 0 Å².